The zero-order chi connectivity index (χ0) is 15.5. The smallest absolute Gasteiger partial charge is 0.240 e. The largest absolute Gasteiger partial charge is 0.330 e. The number of sulfonamides is 1. The van der Waals surface area contributed by atoms with E-state index < -0.39 is 10.0 Å². The Morgan fingerprint density at radius 1 is 1.38 bits per heavy atom. The van der Waals surface area contributed by atoms with Crippen molar-refractivity contribution in [3.8, 4) is 0 Å². The van der Waals surface area contributed by atoms with Crippen molar-refractivity contribution in [2.24, 2.45) is 11.7 Å². The number of hydrogen-bond donors (Lipinski definition) is 2. The summed E-state index contributed by atoms with van der Waals surface area (Å²) in [6, 6.07) is 6.10. The lowest BCUT2D eigenvalue weighted by atomic mass is 10.1. The molecule has 1 aromatic rings. The molecule has 0 aromatic heterocycles. The molecule has 1 aliphatic carbocycles. The second-order valence-corrected chi connectivity index (χ2v) is 7.17. The van der Waals surface area contributed by atoms with Crippen LogP contribution >= 0.6 is 0 Å². The van der Waals surface area contributed by atoms with Gasteiger partial charge in [-0.05, 0) is 37.4 Å². The first kappa shape index (κ1) is 16.1. The number of carbonyl (C=O) groups is 1. The first-order valence-corrected chi connectivity index (χ1v) is 8.82. The molecule has 0 amide bonds. The van der Waals surface area contributed by atoms with Crippen molar-refractivity contribution in [1.29, 1.82) is 0 Å². The summed E-state index contributed by atoms with van der Waals surface area (Å²) in [5.74, 6) is 0.132. The van der Waals surface area contributed by atoms with Crippen LogP contribution in [-0.2, 0) is 10.0 Å². The van der Waals surface area contributed by atoms with Gasteiger partial charge in [-0.2, -0.15) is 0 Å². The maximum absolute atomic E-state index is 12.4. The molecule has 2 rings (SSSR count). The van der Waals surface area contributed by atoms with E-state index in [0.717, 1.165) is 19.3 Å². The maximum Gasteiger partial charge on any atom is 0.240 e. The van der Waals surface area contributed by atoms with Crippen LogP contribution in [0.2, 0.25) is 0 Å². The van der Waals surface area contributed by atoms with Gasteiger partial charge in [0.2, 0.25) is 10.0 Å². The predicted octanol–water partition coefficient (Wildman–Crippen LogP) is 1.69. The van der Waals surface area contributed by atoms with E-state index in [1.54, 1.807) is 19.1 Å². The van der Waals surface area contributed by atoms with E-state index in [9.17, 15) is 13.2 Å². The molecular formula is C15H22N2O3S. The van der Waals surface area contributed by atoms with Gasteiger partial charge in [0.1, 0.15) is 0 Å². The van der Waals surface area contributed by atoms with Gasteiger partial charge < -0.3 is 5.73 Å². The molecule has 6 heteroatoms. The van der Waals surface area contributed by atoms with Gasteiger partial charge in [0.05, 0.1) is 4.90 Å². The van der Waals surface area contributed by atoms with Crippen molar-refractivity contribution in [2.75, 3.05) is 6.54 Å². The van der Waals surface area contributed by atoms with Gasteiger partial charge >= 0.3 is 0 Å². The normalized spacial score (nSPS) is 22.4. The third-order valence-corrected chi connectivity index (χ3v) is 5.54. The SMILES string of the molecule is CCC(=O)c1cccc(S(=O)(=O)NC2CCCC2CN)c1. The molecule has 1 fully saturated rings. The first-order valence-electron chi connectivity index (χ1n) is 7.33. The van der Waals surface area contributed by atoms with E-state index >= 15 is 0 Å². The van der Waals surface area contributed by atoms with E-state index in [1.165, 1.54) is 12.1 Å². The Kier molecular flexibility index (Phi) is 5.13. The molecule has 21 heavy (non-hydrogen) atoms. The minimum Gasteiger partial charge on any atom is -0.330 e. The molecule has 0 bridgehead atoms. The second-order valence-electron chi connectivity index (χ2n) is 5.46. The molecule has 0 saturated heterocycles. The number of carbonyl (C=O) groups excluding carboxylic acids is 1. The van der Waals surface area contributed by atoms with E-state index in [-0.39, 0.29) is 22.6 Å². The van der Waals surface area contributed by atoms with E-state index in [0.29, 0.717) is 18.5 Å². The number of ketones is 1. The second kappa shape index (κ2) is 6.68. The van der Waals surface area contributed by atoms with Gasteiger partial charge in [0.15, 0.2) is 5.78 Å². The van der Waals surface area contributed by atoms with Crippen molar-refractivity contribution < 1.29 is 13.2 Å². The summed E-state index contributed by atoms with van der Waals surface area (Å²) in [6.07, 6.45) is 3.12. The summed E-state index contributed by atoms with van der Waals surface area (Å²) in [5.41, 5.74) is 6.12. The summed E-state index contributed by atoms with van der Waals surface area (Å²) in [4.78, 5) is 11.8. The Morgan fingerprint density at radius 2 is 2.14 bits per heavy atom. The summed E-state index contributed by atoms with van der Waals surface area (Å²) in [6.45, 7) is 2.24. The van der Waals surface area contributed by atoms with E-state index in [2.05, 4.69) is 4.72 Å². The molecule has 2 unspecified atom stereocenters. The van der Waals surface area contributed by atoms with Crippen LogP contribution in [0.15, 0.2) is 29.2 Å². The quantitative estimate of drug-likeness (QED) is 0.782. The average molecular weight is 310 g/mol. The molecule has 2 atom stereocenters. The zero-order valence-electron chi connectivity index (χ0n) is 12.2. The molecular weight excluding hydrogens is 288 g/mol. The highest BCUT2D eigenvalue weighted by molar-refractivity contribution is 7.89. The van der Waals surface area contributed by atoms with Gasteiger partial charge in [-0.1, -0.05) is 25.5 Å². The van der Waals surface area contributed by atoms with Crippen molar-refractivity contribution >= 4 is 15.8 Å². The molecule has 0 spiro atoms. The molecule has 0 radical (unpaired) electrons. The third-order valence-electron chi connectivity index (χ3n) is 4.06. The van der Waals surface area contributed by atoms with E-state index in [1.807, 2.05) is 0 Å². The number of nitrogens with one attached hydrogen (secondary N) is 1. The topological polar surface area (TPSA) is 89.3 Å². The monoisotopic (exact) mass is 310 g/mol. The molecule has 3 N–H and O–H groups in total. The number of hydrogen-bond acceptors (Lipinski definition) is 4. The van der Waals surface area contributed by atoms with Crippen LogP contribution in [-0.4, -0.2) is 26.8 Å². The van der Waals surface area contributed by atoms with Crippen LogP contribution in [0.5, 0.6) is 0 Å². The number of Topliss-reactive ketones (excluding diaryl/α,β-unsaturated/α-hetero) is 1. The number of benzene rings is 1. The molecule has 0 aliphatic heterocycles. The van der Waals surface area contributed by atoms with Gasteiger partial charge in [-0.15, -0.1) is 0 Å². The highest BCUT2D eigenvalue weighted by Gasteiger charge is 2.30. The highest BCUT2D eigenvalue weighted by atomic mass is 32.2. The number of nitrogens with two attached hydrogens (primary N) is 1. The van der Waals surface area contributed by atoms with Crippen LogP contribution in [0.3, 0.4) is 0 Å². The first-order chi connectivity index (χ1) is 9.97. The predicted molar refractivity (Wildman–Crippen MR) is 81.6 cm³/mol. The maximum atomic E-state index is 12.4. The third kappa shape index (κ3) is 3.70. The molecule has 1 saturated carbocycles. The minimum absolute atomic E-state index is 0.0623. The van der Waals surface area contributed by atoms with E-state index in [4.69, 9.17) is 5.73 Å². The highest BCUT2D eigenvalue weighted by Crippen LogP contribution is 2.26. The van der Waals surface area contributed by atoms with Gasteiger partial charge in [-0.3, -0.25) is 4.79 Å². The fraction of sp³-hybridized carbons (Fsp3) is 0.533. The standard InChI is InChI=1S/C15H22N2O3S/c1-2-15(18)11-5-3-7-13(9-11)21(19,20)17-14-8-4-6-12(14)10-16/h3,5,7,9,12,14,17H,2,4,6,8,10,16H2,1H3. The van der Waals surface area contributed by atoms with Crippen LogP contribution in [0.4, 0.5) is 0 Å². The zero-order valence-corrected chi connectivity index (χ0v) is 13.0. The lowest BCUT2D eigenvalue weighted by molar-refractivity contribution is 0.0988. The van der Waals surface area contributed by atoms with Gasteiger partial charge in [0.25, 0.3) is 0 Å². The van der Waals surface area contributed by atoms with Gasteiger partial charge in [0, 0.05) is 18.0 Å². The Balaban J connectivity index is 2.21. The summed E-state index contributed by atoms with van der Waals surface area (Å²) < 4.78 is 27.6. The van der Waals surface area contributed by atoms with Crippen LogP contribution < -0.4 is 10.5 Å². The lowest BCUT2D eigenvalue weighted by Crippen LogP contribution is -2.39. The lowest BCUT2D eigenvalue weighted by Gasteiger charge is -2.19. The van der Waals surface area contributed by atoms with Crippen molar-refractivity contribution in [2.45, 2.75) is 43.5 Å². The average Bonchev–Trinajstić information content (AvgIpc) is 2.93. The van der Waals surface area contributed by atoms with Crippen molar-refractivity contribution in [3.63, 3.8) is 0 Å². The van der Waals surface area contributed by atoms with Crippen LogP contribution in [0.25, 0.3) is 0 Å². The fourth-order valence-corrected chi connectivity index (χ4v) is 4.17. The molecule has 116 valence electrons. The molecule has 1 aliphatic rings. The summed E-state index contributed by atoms with van der Waals surface area (Å²) in [7, 11) is -3.61. The Labute approximate surface area is 126 Å². The minimum atomic E-state index is -3.61. The number of rotatable bonds is 6. The molecule has 0 heterocycles. The molecule has 5 nitrogen and oxygen atoms in total. The Hall–Kier alpha value is -1.24. The molecule has 1 aromatic carbocycles. The Bertz CT molecular complexity index is 613. The van der Waals surface area contributed by atoms with Gasteiger partial charge in [-0.25, -0.2) is 13.1 Å². The van der Waals surface area contributed by atoms with Crippen molar-refractivity contribution in [3.05, 3.63) is 29.8 Å². The van der Waals surface area contributed by atoms with Crippen molar-refractivity contribution in [1.82, 2.24) is 4.72 Å². The Morgan fingerprint density at radius 3 is 2.81 bits per heavy atom. The summed E-state index contributed by atoms with van der Waals surface area (Å²) >= 11 is 0. The fourth-order valence-electron chi connectivity index (χ4n) is 2.78. The van der Waals surface area contributed by atoms with Crippen LogP contribution in [0.1, 0.15) is 43.0 Å². The van der Waals surface area contributed by atoms with Crippen LogP contribution in [0, 0.1) is 5.92 Å². The summed E-state index contributed by atoms with van der Waals surface area (Å²) in [5, 5.41) is 0.